The van der Waals surface area contributed by atoms with Crippen molar-refractivity contribution < 1.29 is 13.2 Å². The molecule has 1 unspecified atom stereocenters. The summed E-state index contributed by atoms with van der Waals surface area (Å²) in [5.41, 5.74) is -0.260. The van der Waals surface area contributed by atoms with Crippen molar-refractivity contribution in [2.45, 2.75) is 63.5 Å². The normalized spacial score (nSPS) is 16.4. The van der Waals surface area contributed by atoms with Gasteiger partial charge in [0.15, 0.2) is 0 Å². The zero-order chi connectivity index (χ0) is 23.0. The summed E-state index contributed by atoms with van der Waals surface area (Å²) >= 11 is 0. The molecule has 2 nitrogen and oxygen atoms in total. The molecule has 0 aromatic heterocycles. The summed E-state index contributed by atoms with van der Waals surface area (Å²) in [5, 5.41) is 10.2. The maximum Gasteiger partial charge on any atom is 0.416 e. The van der Waals surface area contributed by atoms with E-state index >= 15 is 0 Å². The highest BCUT2D eigenvalue weighted by Gasteiger charge is 2.48. The summed E-state index contributed by atoms with van der Waals surface area (Å²) in [7, 11) is 0. The van der Waals surface area contributed by atoms with Crippen LogP contribution in [0.25, 0.3) is 0 Å². The number of hydrogen-bond acceptors (Lipinski definition) is 2. The largest absolute Gasteiger partial charge is 0.416 e. The van der Waals surface area contributed by atoms with Crippen LogP contribution in [0.1, 0.15) is 62.1 Å². The molecule has 2 aromatic rings. The molecule has 1 fully saturated rings. The lowest BCUT2D eigenvalue weighted by Gasteiger charge is -2.42. The van der Waals surface area contributed by atoms with E-state index in [9.17, 15) is 18.4 Å². The average molecular weight is 443 g/mol. The van der Waals surface area contributed by atoms with Crippen molar-refractivity contribution >= 4 is 0 Å². The standard InChI is InChI=1S/C27H33F3N2/c1-2-18-32(20-16-22-10-4-3-5-11-22)19-9-17-26(21-31,23-12-8-13-23)24-14-6-7-15-25(24)27(28,29)30/h3-7,10-11,14-15,23H,2,8-9,12-13,16-20H2,1H3. The third-order valence-electron chi connectivity index (χ3n) is 6.86. The lowest BCUT2D eigenvalue weighted by atomic mass is 9.60. The van der Waals surface area contributed by atoms with E-state index < -0.39 is 17.2 Å². The Morgan fingerprint density at radius 2 is 1.59 bits per heavy atom. The lowest BCUT2D eigenvalue weighted by Crippen LogP contribution is -2.40. The van der Waals surface area contributed by atoms with Gasteiger partial charge < -0.3 is 4.90 Å². The van der Waals surface area contributed by atoms with E-state index in [2.05, 4.69) is 30.0 Å². The number of rotatable bonds is 11. The molecule has 1 atom stereocenters. The van der Waals surface area contributed by atoms with Gasteiger partial charge in [0.05, 0.1) is 17.0 Å². The summed E-state index contributed by atoms with van der Waals surface area (Å²) in [6.45, 7) is 4.81. The highest BCUT2D eigenvalue weighted by molar-refractivity contribution is 5.42. The Hall–Kier alpha value is -2.32. The van der Waals surface area contributed by atoms with Gasteiger partial charge in [0.2, 0.25) is 0 Å². The van der Waals surface area contributed by atoms with Gasteiger partial charge in [-0.2, -0.15) is 18.4 Å². The van der Waals surface area contributed by atoms with Gasteiger partial charge in [-0.25, -0.2) is 0 Å². The predicted molar refractivity (Wildman–Crippen MR) is 122 cm³/mol. The first kappa shape index (κ1) is 24.3. The molecule has 3 rings (SSSR count). The highest BCUT2D eigenvalue weighted by Crippen LogP contribution is 2.50. The molecule has 0 bridgehead atoms. The minimum Gasteiger partial charge on any atom is -0.303 e. The van der Waals surface area contributed by atoms with Gasteiger partial charge in [-0.1, -0.05) is 61.9 Å². The van der Waals surface area contributed by atoms with Gasteiger partial charge in [-0.3, -0.25) is 0 Å². The highest BCUT2D eigenvalue weighted by atomic mass is 19.4. The first-order valence-electron chi connectivity index (χ1n) is 11.7. The maximum absolute atomic E-state index is 13.8. The topological polar surface area (TPSA) is 27.0 Å². The van der Waals surface area contributed by atoms with E-state index in [0.29, 0.717) is 12.8 Å². The van der Waals surface area contributed by atoms with Crippen LogP contribution in [0.3, 0.4) is 0 Å². The Morgan fingerprint density at radius 1 is 0.938 bits per heavy atom. The van der Waals surface area contributed by atoms with E-state index in [4.69, 9.17) is 0 Å². The van der Waals surface area contributed by atoms with Crippen molar-refractivity contribution in [2.75, 3.05) is 19.6 Å². The van der Waals surface area contributed by atoms with Crippen LogP contribution in [0, 0.1) is 17.2 Å². The second-order valence-corrected chi connectivity index (χ2v) is 8.94. The van der Waals surface area contributed by atoms with Crippen LogP contribution < -0.4 is 0 Å². The molecule has 0 N–H and O–H groups in total. The predicted octanol–water partition coefficient (Wildman–Crippen LogP) is 7.00. The number of alkyl halides is 3. The minimum atomic E-state index is -4.45. The van der Waals surface area contributed by atoms with E-state index in [-0.39, 0.29) is 11.5 Å². The van der Waals surface area contributed by atoms with E-state index in [1.54, 1.807) is 6.07 Å². The van der Waals surface area contributed by atoms with Crippen LogP contribution in [0.2, 0.25) is 0 Å². The molecule has 1 aliphatic rings. The Labute approximate surface area is 190 Å². The van der Waals surface area contributed by atoms with Gasteiger partial charge in [0.1, 0.15) is 0 Å². The lowest BCUT2D eigenvalue weighted by molar-refractivity contribution is -0.139. The third-order valence-corrected chi connectivity index (χ3v) is 6.86. The molecule has 0 heterocycles. The molecule has 0 amide bonds. The summed E-state index contributed by atoms with van der Waals surface area (Å²) < 4.78 is 41.4. The van der Waals surface area contributed by atoms with Crippen LogP contribution in [-0.4, -0.2) is 24.5 Å². The second-order valence-electron chi connectivity index (χ2n) is 8.94. The Kier molecular flexibility index (Phi) is 8.37. The molecule has 0 aliphatic heterocycles. The Balaban J connectivity index is 1.74. The molecular formula is C27H33F3N2. The van der Waals surface area contributed by atoms with Crippen LogP contribution >= 0.6 is 0 Å². The monoisotopic (exact) mass is 442 g/mol. The molecule has 0 saturated heterocycles. The van der Waals surface area contributed by atoms with Crippen molar-refractivity contribution in [3.05, 3.63) is 71.3 Å². The molecule has 1 aliphatic carbocycles. The molecule has 2 aromatic carbocycles. The van der Waals surface area contributed by atoms with Gasteiger partial charge in [-0.15, -0.1) is 0 Å². The zero-order valence-electron chi connectivity index (χ0n) is 18.9. The van der Waals surface area contributed by atoms with E-state index in [0.717, 1.165) is 57.8 Å². The van der Waals surface area contributed by atoms with Crippen LogP contribution in [-0.2, 0) is 18.0 Å². The van der Waals surface area contributed by atoms with E-state index in [1.807, 2.05) is 18.2 Å². The molecule has 5 heteroatoms. The fraction of sp³-hybridized carbons (Fsp3) is 0.519. The molecule has 1 saturated carbocycles. The number of halogens is 3. The van der Waals surface area contributed by atoms with Crippen LogP contribution in [0.5, 0.6) is 0 Å². The van der Waals surface area contributed by atoms with Crippen molar-refractivity contribution in [3.8, 4) is 6.07 Å². The van der Waals surface area contributed by atoms with Gasteiger partial charge in [0.25, 0.3) is 0 Å². The summed E-state index contributed by atoms with van der Waals surface area (Å²) in [5.74, 6) is -0.0000519. The van der Waals surface area contributed by atoms with Crippen LogP contribution in [0.15, 0.2) is 54.6 Å². The quantitative estimate of drug-likeness (QED) is 0.374. The fourth-order valence-electron chi connectivity index (χ4n) is 4.95. The summed E-state index contributed by atoms with van der Waals surface area (Å²) in [6, 6.07) is 18.4. The maximum atomic E-state index is 13.8. The first-order valence-corrected chi connectivity index (χ1v) is 11.7. The third kappa shape index (κ3) is 5.72. The second kappa shape index (κ2) is 11.0. The van der Waals surface area contributed by atoms with Crippen LogP contribution in [0.4, 0.5) is 13.2 Å². The molecule has 32 heavy (non-hydrogen) atoms. The average Bonchev–Trinajstić information content (AvgIpc) is 2.75. The van der Waals surface area contributed by atoms with Gasteiger partial charge in [-0.05, 0) is 74.7 Å². The number of nitrogens with zero attached hydrogens (tertiary/aromatic N) is 2. The SMILES string of the molecule is CCCN(CCCC(C#N)(c1ccccc1C(F)(F)F)C1CCC1)CCc1ccccc1. The van der Waals surface area contributed by atoms with Crippen molar-refractivity contribution in [2.24, 2.45) is 5.92 Å². The molecule has 172 valence electrons. The number of benzene rings is 2. The molecule has 0 spiro atoms. The first-order chi connectivity index (χ1) is 15.4. The van der Waals surface area contributed by atoms with Gasteiger partial charge >= 0.3 is 6.18 Å². The fourth-order valence-corrected chi connectivity index (χ4v) is 4.95. The Morgan fingerprint density at radius 3 is 2.16 bits per heavy atom. The Bertz CT molecular complexity index is 884. The van der Waals surface area contributed by atoms with Gasteiger partial charge in [0, 0.05) is 6.54 Å². The number of nitriles is 1. The number of hydrogen-bond donors (Lipinski definition) is 0. The van der Waals surface area contributed by atoms with E-state index in [1.165, 1.54) is 17.7 Å². The smallest absolute Gasteiger partial charge is 0.303 e. The van der Waals surface area contributed by atoms with Crippen molar-refractivity contribution in [3.63, 3.8) is 0 Å². The van der Waals surface area contributed by atoms with Crippen molar-refractivity contribution in [1.29, 1.82) is 5.26 Å². The van der Waals surface area contributed by atoms with Crippen molar-refractivity contribution in [1.82, 2.24) is 4.90 Å². The molecular weight excluding hydrogens is 409 g/mol. The summed E-state index contributed by atoms with van der Waals surface area (Å²) in [4.78, 5) is 2.38. The zero-order valence-corrected chi connectivity index (χ0v) is 18.9. The summed E-state index contributed by atoms with van der Waals surface area (Å²) in [6.07, 6.45) is 1.34. The minimum absolute atomic E-state index is 0.0000519. The molecule has 0 radical (unpaired) electrons.